The molecule has 0 fully saturated rings. The summed E-state index contributed by atoms with van der Waals surface area (Å²) in [6, 6.07) is 7.88. The Morgan fingerprint density at radius 1 is 1.44 bits per heavy atom. The van der Waals surface area contributed by atoms with Crippen molar-refractivity contribution in [3.63, 3.8) is 0 Å². The summed E-state index contributed by atoms with van der Waals surface area (Å²) in [4.78, 5) is 12.7. The molecule has 0 aliphatic heterocycles. The van der Waals surface area contributed by atoms with Gasteiger partial charge in [0, 0.05) is 25.1 Å². The van der Waals surface area contributed by atoms with E-state index in [1.807, 2.05) is 38.2 Å². The fraction of sp³-hybridized carbons (Fsp3) is 0.500. The molecule has 0 aliphatic carbocycles. The van der Waals surface area contributed by atoms with E-state index in [0.717, 1.165) is 24.4 Å². The minimum atomic E-state index is -0.742. The average molecular weight is 251 g/mol. The van der Waals surface area contributed by atoms with Crippen LogP contribution >= 0.6 is 0 Å². The van der Waals surface area contributed by atoms with Crippen LogP contribution in [-0.4, -0.2) is 36.7 Å². The van der Waals surface area contributed by atoms with Crippen molar-refractivity contribution >= 4 is 5.97 Å². The van der Waals surface area contributed by atoms with Crippen molar-refractivity contribution in [3.05, 3.63) is 29.8 Å². The van der Waals surface area contributed by atoms with Crippen LogP contribution in [0.2, 0.25) is 0 Å². The molecule has 1 rings (SSSR count). The highest BCUT2D eigenvalue weighted by Crippen LogP contribution is 2.19. The second-order valence-corrected chi connectivity index (χ2v) is 4.71. The van der Waals surface area contributed by atoms with Crippen molar-refractivity contribution in [2.75, 3.05) is 20.7 Å². The van der Waals surface area contributed by atoms with E-state index in [4.69, 9.17) is 9.84 Å². The first-order valence-corrected chi connectivity index (χ1v) is 6.05. The molecule has 0 saturated heterocycles. The Kier molecular flexibility index (Phi) is 5.65. The number of ether oxygens (including phenoxy) is 1. The van der Waals surface area contributed by atoms with Gasteiger partial charge in [-0.05, 0) is 19.0 Å². The predicted octanol–water partition coefficient (Wildman–Crippen LogP) is 2.24. The zero-order valence-electron chi connectivity index (χ0n) is 11.2. The zero-order chi connectivity index (χ0) is 13.5. The van der Waals surface area contributed by atoms with Crippen LogP contribution in [0.25, 0.3) is 0 Å². The Labute approximate surface area is 108 Å². The van der Waals surface area contributed by atoms with Gasteiger partial charge in [-0.25, -0.2) is 0 Å². The molecule has 0 aliphatic rings. The lowest BCUT2D eigenvalue weighted by molar-refractivity contribution is -0.138. The molecule has 1 aromatic carbocycles. The first-order valence-electron chi connectivity index (χ1n) is 6.05. The summed E-state index contributed by atoms with van der Waals surface area (Å²) < 4.78 is 5.29. The van der Waals surface area contributed by atoms with E-state index in [2.05, 4.69) is 4.90 Å². The smallest absolute Gasteiger partial charge is 0.303 e. The minimum Gasteiger partial charge on any atom is -0.496 e. The molecule has 1 atom stereocenters. The molecular formula is C14H21NO3. The summed E-state index contributed by atoms with van der Waals surface area (Å²) in [5.41, 5.74) is 1.12. The van der Waals surface area contributed by atoms with Crippen molar-refractivity contribution in [3.8, 4) is 5.75 Å². The van der Waals surface area contributed by atoms with E-state index in [1.165, 1.54) is 0 Å². The van der Waals surface area contributed by atoms with Gasteiger partial charge in [0.1, 0.15) is 5.75 Å². The Morgan fingerprint density at radius 2 is 2.11 bits per heavy atom. The van der Waals surface area contributed by atoms with Gasteiger partial charge >= 0.3 is 5.97 Å². The molecule has 1 unspecified atom stereocenters. The van der Waals surface area contributed by atoms with Crippen LogP contribution in [0.4, 0.5) is 0 Å². The third kappa shape index (κ3) is 4.75. The van der Waals surface area contributed by atoms with E-state index in [1.54, 1.807) is 7.11 Å². The van der Waals surface area contributed by atoms with Crippen molar-refractivity contribution < 1.29 is 14.6 Å². The van der Waals surface area contributed by atoms with Crippen molar-refractivity contribution in [2.45, 2.75) is 19.9 Å². The van der Waals surface area contributed by atoms with E-state index in [9.17, 15) is 4.79 Å². The number of hydrogen-bond acceptors (Lipinski definition) is 3. The van der Waals surface area contributed by atoms with Gasteiger partial charge in [0.05, 0.1) is 7.11 Å². The summed E-state index contributed by atoms with van der Waals surface area (Å²) in [5, 5.41) is 8.73. The van der Waals surface area contributed by atoms with Crippen LogP contribution in [0.1, 0.15) is 18.9 Å². The molecule has 1 aromatic rings. The second-order valence-electron chi connectivity index (χ2n) is 4.71. The molecule has 100 valence electrons. The number of carbonyl (C=O) groups is 1. The molecule has 18 heavy (non-hydrogen) atoms. The molecule has 1 N–H and O–H groups in total. The van der Waals surface area contributed by atoms with Gasteiger partial charge in [-0.2, -0.15) is 0 Å². The summed E-state index contributed by atoms with van der Waals surface area (Å²) in [5.74, 6) is 0.269. The van der Waals surface area contributed by atoms with Gasteiger partial charge in [0.2, 0.25) is 0 Å². The number of hydrogen-bond donors (Lipinski definition) is 1. The standard InChI is InChI=1S/C14H21NO3/c1-11(8-14(16)17)9-15(2)10-12-6-4-5-7-13(12)18-3/h4-7,11H,8-10H2,1-3H3,(H,16,17). The number of para-hydroxylation sites is 1. The van der Waals surface area contributed by atoms with Gasteiger partial charge in [-0.3, -0.25) is 4.79 Å². The Hall–Kier alpha value is -1.55. The van der Waals surface area contributed by atoms with Crippen LogP contribution in [-0.2, 0) is 11.3 Å². The number of benzene rings is 1. The van der Waals surface area contributed by atoms with Crippen LogP contribution in [0.3, 0.4) is 0 Å². The molecule has 0 bridgehead atoms. The molecule has 0 heterocycles. The highest BCUT2D eigenvalue weighted by atomic mass is 16.5. The fourth-order valence-corrected chi connectivity index (χ4v) is 2.08. The summed E-state index contributed by atoms with van der Waals surface area (Å²) in [7, 11) is 3.65. The fourth-order valence-electron chi connectivity index (χ4n) is 2.08. The molecule has 0 aromatic heterocycles. The minimum absolute atomic E-state index is 0.141. The zero-order valence-corrected chi connectivity index (χ0v) is 11.2. The van der Waals surface area contributed by atoms with Crippen LogP contribution in [0.5, 0.6) is 5.75 Å². The lowest BCUT2D eigenvalue weighted by Gasteiger charge is -2.21. The van der Waals surface area contributed by atoms with E-state index in [0.29, 0.717) is 0 Å². The number of carboxylic acid groups (broad SMARTS) is 1. The second kappa shape index (κ2) is 7.01. The Balaban J connectivity index is 2.53. The molecule has 0 spiro atoms. The van der Waals surface area contributed by atoms with Crippen molar-refractivity contribution in [1.29, 1.82) is 0 Å². The lowest BCUT2D eigenvalue weighted by Crippen LogP contribution is -2.25. The number of methoxy groups -OCH3 is 1. The quantitative estimate of drug-likeness (QED) is 0.807. The Morgan fingerprint density at radius 3 is 2.72 bits per heavy atom. The van der Waals surface area contributed by atoms with E-state index < -0.39 is 5.97 Å². The maximum Gasteiger partial charge on any atom is 0.303 e. The lowest BCUT2D eigenvalue weighted by atomic mass is 10.1. The largest absolute Gasteiger partial charge is 0.496 e. The topological polar surface area (TPSA) is 49.8 Å². The summed E-state index contributed by atoms with van der Waals surface area (Å²) >= 11 is 0. The number of rotatable bonds is 7. The molecule has 0 amide bonds. The number of aliphatic carboxylic acids is 1. The predicted molar refractivity (Wildman–Crippen MR) is 70.7 cm³/mol. The van der Waals surface area contributed by atoms with Gasteiger partial charge in [-0.1, -0.05) is 25.1 Å². The molecule has 0 radical (unpaired) electrons. The van der Waals surface area contributed by atoms with Gasteiger partial charge in [0.25, 0.3) is 0 Å². The first kappa shape index (κ1) is 14.5. The highest BCUT2D eigenvalue weighted by molar-refractivity contribution is 5.66. The highest BCUT2D eigenvalue weighted by Gasteiger charge is 2.12. The number of carboxylic acids is 1. The third-order valence-corrected chi connectivity index (χ3v) is 2.78. The number of nitrogens with zero attached hydrogens (tertiary/aromatic N) is 1. The average Bonchev–Trinajstić information content (AvgIpc) is 2.28. The van der Waals surface area contributed by atoms with E-state index in [-0.39, 0.29) is 12.3 Å². The van der Waals surface area contributed by atoms with Crippen LogP contribution in [0.15, 0.2) is 24.3 Å². The summed E-state index contributed by atoms with van der Waals surface area (Å²) in [6.07, 6.45) is 0.205. The van der Waals surface area contributed by atoms with Gasteiger partial charge in [0.15, 0.2) is 0 Å². The SMILES string of the molecule is COc1ccccc1CN(C)CC(C)CC(=O)O. The van der Waals surface area contributed by atoms with E-state index >= 15 is 0 Å². The third-order valence-electron chi connectivity index (χ3n) is 2.78. The van der Waals surface area contributed by atoms with Crippen molar-refractivity contribution in [2.24, 2.45) is 5.92 Å². The molecule has 4 nitrogen and oxygen atoms in total. The maximum absolute atomic E-state index is 10.6. The molecule has 0 saturated carbocycles. The van der Waals surface area contributed by atoms with Gasteiger partial charge < -0.3 is 14.7 Å². The molecular weight excluding hydrogens is 230 g/mol. The van der Waals surface area contributed by atoms with Crippen molar-refractivity contribution in [1.82, 2.24) is 4.90 Å². The van der Waals surface area contributed by atoms with Gasteiger partial charge in [-0.15, -0.1) is 0 Å². The summed E-state index contributed by atoms with van der Waals surface area (Å²) in [6.45, 7) is 3.46. The van der Waals surface area contributed by atoms with Crippen LogP contribution < -0.4 is 4.74 Å². The normalized spacial score (nSPS) is 12.4. The Bertz CT molecular complexity index is 392. The monoisotopic (exact) mass is 251 g/mol. The first-order chi connectivity index (χ1) is 8.52. The molecule has 4 heteroatoms. The maximum atomic E-state index is 10.6. The van der Waals surface area contributed by atoms with Crippen LogP contribution in [0, 0.1) is 5.92 Å².